The second-order valence-electron chi connectivity index (χ2n) is 9.31. The van der Waals surface area contributed by atoms with Gasteiger partial charge in [0.05, 0.1) is 22.5 Å². The predicted octanol–water partition coefficient (Wildman–Crippen LogP) is 6.32. The Morgan fingerprint density at radius 3 is 2.28 bits per heavy atom. The number of aliphatic hydroxyl groups is 1. The Balaban J connectivity index is 1.67. The number of aromatic nitrogens is 4. The highest BCUT2D eigenvalue weighted by molar-refractivity contribution is 6.12. The van der Waals surface area contributed by atoms with E-state index >= 15 is 4.39 Å². The maximum atomic E-state index is 15.1. The molecule has 0 unspecified atom stereocenters. The molecule has 0 aliphatic carbocycles. The highest BCUT2D eigenvalue weighted by Gasteiger charge is 2.36. The van der Waals surface area contributed by atoms with Crippen LogP contribution in [0.15, 0.2) is 73.1 Å². The smallest absolute Gasteiger partial charge is 0.384 e. The molecule has 0 aliphatic heterocycles. The fourth-order valence-corrected chi connectivity index (χ4v) is 4.32. The molecule has 2 aromatic heterocycles. The van der Waals surface area contributed by atoms with E-state index in [2.05, 4.69) is 25.5 Å². The second kappa shape index (κ2) is 9.59. The van der Waals surface area contributed by atoms with Crippen LogP contribution in [0.25, 0.3) is 33.4 Å². The lowest BCUT2D eigenvalue weighted by Crippen LogP contribution is -2.18. The first kappa shape index (κ1) is 26.0. The number of nitrogens with zero attached hydrogens (tertiary/aromatic N) is 3. The van der Waals surface area contributed by atoms with Crippen molar-refractivity contribution in [2.24, 2.45) is 0 Å². The molecule has 0 saturated carbocycles. The van der Waals surface area contributed by atoms with E-state index in [1.54, 1.807) is 50.2 Å². The van der Waals surface area contributed by atoms with E-state index in [0.29, 0.717) is 22.2 Å². The lowest BCUT2D eigenvalue weighted by Gasteiger charge is -2.17. The van der Waals surface area contributed by atoms with E-state index < -0.39 is 40.2 Å². The number of anilines is 1. The highest BCUT2D eigenvalue weighted by atomic mass is 19.4. The van der Waals surface area contributed by atoms with Crippen molar-refractivity contribution in [1.29, 1.82) is 0 Å². The van der Waals surface area contributed by atoms with Gasteiger partial charge in [0, 0.05) is 28.9 Å². The summed E-state index contributed by atoms with van der Waals surface area (Å²) in [4.78, 5) is 21.2. The number of carbonyl (C=O) groups is 1. The molecule has 198 valence electrons. The number of nitrogens with one attached hydrogen (secondary N) is 2. The first-order valence-electron chi connectivity index (χ1n) is 11.7. The normalized spacial score (nSPS) is 12.1. The molecule has 3 aromatic carbocycles. The van der Waals surface area contributed by atoms with Gasteiger partial charge in [-0.05, 0) is 37.6 Å². The number of hydrogen-bond donors (Lipinski definition) is 3. The van der Waals surface area contributed by atoms with Crippen molar-refractivity contribution in [3.05, 3.63) is 95.7 Å². The zero-order chi connectivity index (χ0) is 27.9. The maximum absolute atomic E-state index is 15.1. The van der Waals surface area contributed by atoms with Crippen LogP contribution >= 0.6 is 0 Å². The predicted molar refractivity (Wildman–Crippen MR) is 137 cm³/mol. The molecular formula is C28H21F4N5O2. The van der Waals surface area contributed by atoms with Crippen LogP contribution in [0.1, 0.15) is 35.5 Å². The molecular weight excluding hydrogens is 514 g/mol. The zero-order valence-corrected chi connectivity index (χ0v) is 20.6. The van der Waals surface area contributed by atoms with Gasteiger partial charge in [-0.25, -0.2) is 14.4 Å². The van der Waals surface area contributed by atoms with Crippen LogP contribution in [0.4, 0.5) is 23.2 Å². The fraction of sp³-hybridized carbons (Fsp3) is 0.143. The maximum Gasteiger partial charge on any atom is 0.417 e. The Kier molecular flexibility index (Phi) is 6.39. The average molecular weight is 536 g/mol. The summed E-state index contributed by atoms with van der Waals surface area (Å²) in [7, 11) is 0. The van der Waals surface area contributed by atoms with Crippen LogP contribution in [0, 0.1) is 5.82 Å². The van der Waals surface area contributed by atoms with E-state index in [1.165, 1.54) is 18.5 Å². The quantitative estimate of drug-likeness (QED) is 0.228. The van der Waals surface area contributed by atoms with Gasteiger partial charge < -0.3 is 10.4 Å². The number of amides is 1. The van der Waals surface area contributed by atoms with E-state index in [0.717, 1.165) is 6.07 Å². The minimum Gasteiger partial charge on any atom is -0.384 e. The molecule has 0 spiro atoms. The third-order valence-corrected chi connectivity index (χ3v) is 6.13. The second-order valence-corrected chi connectivity index (χ2v) is 9.31. The van der Waals surface area contributed by atoms with Crippen LogP contribution in [-0.4, -0.2) is 31.2 Å². The number of benzene rings is 3. The van der Waals surface area contributed by atoms with Crippen LogP contribution < -0.4 is 5.32 Å². The highest BCUT2D eigenvalue weighted by Crippen LogP contribution is 2.39. The zero-order valence-electron chi connectivity index (χ0n) is 20.6. The van der Waals surface area contributed by atoms with Crippen molar-refractivity contribution in [1.82, 2.24) is 20.2 Å². The van der Waals surface area contributed by atoms with Gasteiger partial charge in [-0.2, -0.15) is 18.3 Å². The lowest BCUT2D eigenvalue weighted by molar-refractivity contribution is -0.137. The Bertz CT molecular complexity index is 1680. The van der Waals surface area contributed by atoms with Crippen molar-refractivity contribution >= 4 is 22.5 Å². The molecule has 0 saturated heterocycles. The molecule has 39 heavy (non-hydrogen) atoms. The number of aromatic amines is 1. The summed E-state index contributed by atoms with van der Waals surface area (Å²) in [5.41, 5.74) is -1.70. The van der Waals surface area contributed by atoms with Crippen LogP contribution in [0.3, 0.4) is 0 Å². The summed E-state index contributed by atoms with van der Waals surface area (Å²) in [6, 6.07) is 14.9. The Morgan fingerprint density at radius 2 is 1.64 bits per heavy atom. The van der Waals surface area contributed by atoms with Gasteiger partial charge in [0.25, 0.3) is 5.91 Å². The number of alkyl halides is 3. The SMILES string of the molecule is CC(C)(O)c1[nH]nc2c(NC(=O)c3cc(-c4ncccn4)c(C(F)(F)F)cc3F)c(-c3ccccc3)ccc12. The topological polar surface area (TPSA) is 104 Å². The summed E-state index contributed by atoms with van der Waals surface area (Å²) in [6.45, 7) is 3.13. The van der Waals surface area contributed by atoms with Crippen LogP contribution in [0.5, 0.6) is 0 Å². The fourth-order valence-electron chi connectivity index (χ4n) is 4.32. The summed E-state index contributed by atoms with van der Waals surface area (Å²) in [5, 5.41) is 20.8. The van der Waals surface area contributed by atoms with Crippen molar-refractivity contribution in [2.75, 3.05) is 5.32 Å². The molecule has 3 N–H and O–H groups in total. The summed E-state index contributed by atoms with van der Waals surface area (Å²) >= 11 is 0. The standard InChI is InChI=1S/C28H21F4N5O2/c1-27(2,39)24-17-10-9-16(15-7-4-3-5-8-15)22(23(17)36-37-24)35-26(38)19-13-18(25-33-11-6-12-34-25)20(14-21(19)29)28(30,31)32/h3-14,39H,1-2H3,(H,35,38)(H,36,37). The number of H-pyrrole nitrogens is 1. The van der Waals surface area contributed by atoms with E-state index in [4.69, 9.17) is 0 Å². The summed E-state index contributed by atoms with van der Waals surface area (Å²) < 4.78 is 56.3. The van der Waals surface area contributed by atoms with Gasteiger partial charge in [0.2, 0.25) is 0 Å². The van der Waals surface area contributed by atoms with Crippen molar-refractivity contribution < 1.29 is 27.5 Å². The molecule has 7 nitrogen and oxygen atoms in total. The minimum absolute atomic E-state index is 0.187. The number of fused-ring (bicyclic) bond motifs is 1. The Hall–Kier alpha value is -4.64. The first-order chi connectivity index (χ1) is 18.4. The monoisotopic (exact) mass is 535 g/mol. The third kappa shape index (κ3) is 4.96. The molecule has 0 fully saturated rings. The van der Waals surface area contributed by atoms with E-state index in [9.17, 15) is 23.1 Å². The first-order valence-corrected chi connectivity index (χ1v) is 11.7. The van der Waals surface area contributed by atoms with Crippen molar-refractivity contribution in [3.63, 3.8) is 0 Å². The number of halogens is 4. The third-order valence-electron chi connectivity index (χ3n) is 6.13. The molecule has 0 aliphatic rings. The number of hydrogen-bond acceptors (Lipinski definition) is 5. The molecule has 1 amide bonds. The van der Waals surface area contributed by atoms with Gasteiger partial charge >= 0.3 is 6.18 Å². The van der Waals surface area contributed by atoms with E-state index in [1.807, 2.05) is 6.07 Å². The molecule has 0 bridgehead atoms. The van der Waals surface area contributed by atoms with Crippen molar-refractivity contribution in [2.45, 2.75) is 25.6 Å². The van der Waals surface area contributed by atoms with Gasteiger partial charge in [0.15, 0.2) is 5.82 Å². The molecule has 0 atom stereocenters. The molecule has 0 radical (unpaired) electrons. The van der Waals surface area contributed by atoms with Gasteiger partial charge in [-0.1, -0.05) is 42.5 Å². The summed E-state index contributed by atoms with van der Waals surface area (Å²) in [6.07, 6.45) is -2.43. The van der Waals surface area contributed by atoms with Gasteiger partial charge in [-0.3, -0.25) is 9.89 Å². The van der Waals surface area contributed by atoms with Crippen LogP contribution in [-0.2, 0) is 11.8 Å². The molecule has 11 heteroatoms. The largest absolute Gasteiger partial charge is 0.417 e. The van der Waals surface area contributed by atoms with Crippen LogP contribution in [0.2, 0.25) is 0 Å². The number of carbonyl (C=O) groups excluding carboxylic acids is 1. The molecule has 2 heterocycles. The average Bonchev–Trinajstić information content (AvgIpc) is 3.35. The minimum atomic E-state index is -4.92. The summed E-state index contributed by atoms with van der Waals surface area (Å²) in [5.74, 6) is -2.68. The van der Waals surface area contributed by atoms with Gasteiger partial charge in [-0.15, -0.1) is 0 Å². The van der Waals surface area contributed by atoms with Crippen molar-refractivity contribution in [3.8, 4) is 22.5 Å². The molecule has 5 rings (SSSR count). The molecule has 5 aromatic rings. The van der Waals surface area contributed by atoms with Gasteiger partial charge in [0.1, 0.15) is 16.9 Å². The Morgan fingerprint density at radius 1 is 0.949 bits per heavy atom. The lowest BCUT2D eigenvalue weighted by atomic mass is 9.96. The number of rotatable bonds is 5. The Labute approximate surface area is 219 Å². The van der Waals surface area contributed by atoms with E-state index in [-0.39, 0.29) is 23.1 Å².